The van der Waals surface area contributed by atoms with E-state index >= 15 is 0 Å². The molecule has 1 aromatic rings. The van der Waals surface area contributed by atoms with Crippen LogP contribution in [0.4, 0.5) is 4.79 Å². The molecule has 152 valence electrons. The van der Waals surface area contributed by atoms with Gasteiger partial charge in [0.1, 0.15) is 5.75 Å². The Hall–Kier alpha value is -1.27. The molecule has 1 heterocycles. The van der Waals surface area contributed by atoms with E-state index in [1.54, 1.807) is 0 Å². The summed E-state index contributed by atoms with van der Waals surface area (Å²) in [5.41, 5.74) is 1.36. The fourth-order valence-corrected chi connectivity index (χ4v) is 3.85. The van der Waals surface area contributed by atoms with Crippen molar-refractivity contribution >= 4 is 22.0 Å². The quantitative estimate of drug-likeness (QED) is 0.615. The molecule has 1 unspecified atom stereocenters. The highest BCUT2D eigenvalue weighted by Gasteiger charge is 2.25. The van der Waals surface area contributed by atoms with Crippen molar-refractivity contribution in [1.82, 2.24) is 10.2 Å². The summed E-state index contributed by atoms with van der Waals surface area (Å²) in [6.45, 7) is 8.60. The fraction of sp³-hybridized carbons (Fsp3) is 0.667. The van der Waals surface area contributed by atoms with Crippen molar-refractivity contribution in [3.8, 4) is 5.75 Å². The van der Waals surface area contributed by atoms with Gasteiger partial charge in [0, 0.05) is 25.7 Å². The second-order valence-corrected chi connectivity index (χ2v) is 9.04. The van der Waals surface area contributed by atoms with Crippen molar-refractivity contribution < 1.29 is 14.6 Å². The average molecular weight is 441 g/mol. The minimum atomic E-state index is -0.0242. The highest BCUT2D eigenvalue weighted by atomic mass is 79.9. The molecule has 2 rings (SSSR count). The molecule has 0 aliphatic carbocycles. The normalized spacial score (nSPS) is 17.7. The van der Waals surface area contributed by atoms with E-state index in [0.717, 1.165) is 42.5 Å². The van der Waals surface area contributed by atoms with Crippen molar-refractivity contribution in [2.45, 2.75) is 64.3 Å². The standard InChI is InChI=1S/C21H33BrN2O3/c1-21(2,3)16-8-9-19(18(22)15-16)27-14-6-11-23-20(26)24-12-5-4-7-17(24)10-13-25/h8-9,15,17,25H,4-7,10-14H2,1-3H3,(H,23,26). The first-order valence-corrected chi connectivity index (χ1v) is 10.7. The monoisotopic (exact) mass is 440 g/mol. The van der Waals surface area contributed by atoms with Crippen LogP contribution in [0, 0.1) is 0 Å². The van der Waals surface area contributed by atoms with E-state index in [1.807, 2.05) is 11.0 Å². The number of likely N-dealkylation sites (tertiary alicyclic amines) is 1. The Balaban J connectivity index is 1.73. The fourth-order valence-electron chi connectivity index (χ4n) is 3.35. The molecule has 0 spiro atoms. The summed E-state index contributed by atoms with van der Waals surface area (Å²) >= 11 is 3.58. The molecule has 1 atom stereocenters. The molecule has 0 aromatic heterocycles. The molecular weight excluding hydrogens is 408 g/mol. The lowest BCUT2D eigenvalue weighted by molar-refractivity contribution is 0.131. The third-order valence-corrected chi connectivity index (χ3v) is 5.62. The number of amides is 2. The molecule has 6 heteroatoms. The lowest BCUT2D eigenvalue weighted by Crippen LogP contribution is -2.49. The van der Waals surface area contributed by atoms with Crippen LogP contribution in [-0.4, -0.2) is 48.4 Å². The maximum Gasteiger partial charge on any atom is 0.317 e. The van der Waals surface area contributed by atoms with Crippen LogP contribution in [-0.2, 0) is 5.41 Å². The Morgan fingerprint density at radius 3 is 2.81 bits per heavy atom. The van der Waals surface area contributed by atoms with Crippen LogP contribution in [0.1, 0.15) is 58.4 Å². The second-order valence-electron chi connectivity index (χ2n) is 8.18. The first-order valence-electron chi connectivity index (χ1n) is 9.91. The van der Waals surface area contributed by atoms with Gasteiger partial charge < -0.3 is 20.1 Å². The van der Waals surface area contributed by atoms with Crippen molar-refractivity contribution in [2.75, 3.05) is 26.3 Å². The number of piperidine rings is 1. The first kappa shape index (κ1) is 22.0. The third-order valence-electron chi connectivity index (χ3n) is 5.00. The van der Waals surface area contributed by atoms with Crippen LogP contribution in [0.25, 0.3) is 0 Å². The Bertz CT molecular complexity index is 614. The topological polar surface area (TPSA) is 61.8 Å². The summed E-state index contributed by atoms with van der Waals surface area (Å²) in [6.07, 6.45) is 4.56. The third kappa shape index (κ3) is 6.68. The van der Waals surface area contributed by atoms with Crippen LogP contribution in [0.5, 0.6) is 5.75 Å². The van der Waals surface area contributed by atoms with Gasteiger partial charge in [0.15, 0.2) is 0 Å². The number of benzene rings is 1. The number of carbonyl (C=O) groups excluding carboxylic acids is 1. The molecule has 5 nitrogen and oxygen atoms in total. The van der Waals surface area contributed by atoms with Gasteiger partial charge in [0.25, 0.3) is 0 Å². The lowest BCUT2D eigenvalue weighted by atomic mass is 9.87. The zero-order valence-corrected chi connectivity index (χ0v) is 18.3. The van der Waals surface area contributed by atoms with Crippen molar-refractivity contribution in [3.63, 3.8) is 0 Å². The molecule has 27 heavy (non-hydrogen) atoms. The first-order chi connectivity index (χ1) is 12.8. The molecule has 2 N–H and O–H groups in total. The summed E-state index contributed by atoms with van der Waals surface area (Å²) in [7, 11) is 0. The number of hydrogen-bond donors (Lipinski definition) is 2. The average Bonchev–Trinajstić information content (AvgIpc) is 2.62. The van der Waals surface area contributed by atoms with Gasteiger partial charge in [-0.2, -0.15) is 0 Å². The van der Waals surface area contributed by atoms with Gasteiger partial charge in [0.05, 0.1) is 11.1 Å². The zero-order chi connectivity index (χ0) is 19.9. The minimum Gasteiger partial charge on any atom is -0.492 e. The molecule has 1 aromatic carbocycles. The maximum absolute atomic E-state index is 12.4. The largest absolute Gasteiger partial charge is 0.492 e. The van der Waals surface area contributed by atoms with Crippen molar-refractivity contribution in [1.29, 1.82) is 0 Å². The van der Waals surface area contributed by atoms with E-state index < -0.39 is 0 Å². The van der Waals surface area contributed by atoms with Crippen molar-refractivity contribution in [3.05, 3.63) is 28.2 Å². The van der Waals surface area contributed by atoms with Gasteiger partial charge in [-0.3, -0.25) is 0 Å². The Morgan fingerprint density at radius 2 is 2.15 bits per heavy atom. The summed E-state index contributed by atoms with van der Waals surface area (Å²) in [5.74, 6) is 0.827. The summed E-state index contributed by atoms with van der Waals surface area (Å²) in [4.78, 5) is 14.3. The second kappa shape index (κ2) is 10.3. The highest BCUT2D eigenvalue weighted by molar-refractivity contribution is 9.10. The highest BCUT2D eigenvalue weighted by Crippen LogP contribution is 2.31. The summed E-state index contributed by atoms with van der Waals surface area (Å²) in [5, 5.41) is 12.2. The number of aliphatic hydroxyl groups is 1. The van der Waals surface area contributed by atoms with E-state index in [4.69, 9.17) is 4.74 Å². The number of halogens is 1. The van der Waals surface area contributed by atoms with Crippen LogP contribution < -0.4 is 10.1 Å². The molecule has 0 saturated carbocycles. The molecular formula is C21H33BrN2O3. The van der Waals surface area contributed by atoms with E-state index in [9.17, 15) is 9.90 Å². The summed E-state index contributed by atoms with van der Waals surface area (Å²) in [6, 6.07) is 6.34. The predicted molar refractivity (Wildman–Crippen MR) is 112 cm³/mol. The number of ether oxygens (including phenoxy) is 1. The van der Waals surface area contributed by atoms with E-state index in [-0.39, 0.29) is 24.1 Å². The smallest absolute Gasteiger partial charge is 0.317 e. The molecule has 0 bridgehead atoms. The van der Waals surface area contributed by atoms with Gasteiger partial charge >= 0.3 is 6.03 Å². The Kier molecular flexibility index (Phi) is 8.42. The van der Waals surface area contributed by atoms with Crippen molar-refractivity contribution in [2.24, 2.45) is 0 Å². The Labute approximate surface area is 171 Å². The van der Waals surface area contributed by atoms with Crippen LogP contribution in [0.15, 0.2) is 22.7 Å². The van der Waals surface area contributed by atoms with Crippen LogP contribution in [0.3, 0.4) is 0 Å². The predicted octanol–water partition coefficient (Wildman–Crippen LogP) is 4.46. The summed E-state index contributed by atoms with van der Waals surface area (Å²) < 4.78 is 6.80. The number of aliphatic hydroxyl groups excluding tert-OH is 1. The van der Waals surface area contributed by atoms with Crippen LogP contribution in [0.2, 0.25) is 0 Å². The number of nitrogens with zero attached hydrogens (tertiary/aromatic N) is 1. The van der Waals surface area contributed by atoms with Gasteiger partial charge in [0.2, 0.25) is 0 Å². The minimum absolute atomic E-state index is 0.0242. The van der Waals surface area contributed by atoms with E-state index in [2.05, 4.69) is 54.2 Å². The lowest BCUT2D eigenvalue weighted by Gasteiger charge is -2.35. The number of hydrogen-bond acceptors (Lipinski definition) is 3. The number of carbonyl (C=O) groups is 1. The van der Waals surface area contributed by atoms with E-state index in [1.165, 1.54) is 5.56 Å². The molecule has 2 amide bonds. The number of rotatable bonds is 7. The number of urea groups is 1. The van der Waals surface area contributed by atoms with Crippen LogP contribution >= 0.6 is 15.9 Å². The Morgan fingerprint density at radius 1 is 1.37 bits per heavy atom. The molecule has 0 radical (unpaired) electrons. The molecule has 1 fully saturated rings. The molecule has 1 aliphatic heterocycles. The molecule has 1 saturated heterocycles. The molecule has 1 aliphatic rings. The van der Waals surface area contributed by atoms with Gasteiger partial charge in [-0.15, -0.1) is 0 Å². The zero-order valence-electron chi connectivity index (χ0n) is 16.8. The van der Waals surface area contributed by atoms with Gasteiger partial charge in [-0.25, -0.2) is 4.79 Å². The SMILES string of the molecule is CC(C)(C)c1ccc(OCCCNC(=O)N2CCCCC2CCO)c(Br)c1. The number of nitrogens with one attached hydrogen (secondary N) is 1. The van der Waals surface area contributed by atoms with E-state index in [0.29, 0.717) is 19.6 Å². The van der Waals surface area contributed by atoms with Gasteiger partial charge in [-0.1, -0.05) is 26.8 Å². The maximum atomic E-state index is 12.4. The van der Waals surface area contributed by atoms with Gasteiger partial charge in [-0.05, 0) is 71.1 Å².